The number of carbonyl (C=O) groups excluding carboxylic acids is 1. The van der Waals surface area contributed by atoms with E-state index >= 15 is 0 Å². The maximum Gasteiger partial charge on any atom is 0.244 e. The third-order valence-electron chi connectivity index (χ3n) is 4.45. The van der Waals surface area contributed by atoms with Gasteiger partial charge in [-0.15, -0.1) is 0 Å². The molecule has 2 aromatic carbocycles. The van der Waals surface area contributed by atoms with Crippen LogP contribution in [0.4, 0.5) is 15.8 Å². The summed E-state index contributed by atoms with van der Waals surface area (Å²) in [6.07, 6.45) is 1.22. The van der Waals surface area contributed by atoms with Gasteiger partial charge in [0.15, 0.2) is 5.69 Å². The molecule has 0 bridgehead atoms. The number of halogens is 1. The third kappa shape index (κ3) is 4.65. The molecule has 0 unspecified atom stereocenters. The van der Waals surface area contributed by atoms with Crippen LogP contribution in [-0.2, 0) is 11.2 Å². The summed E-state index contributed by atoms with van der Waals surface area (Å²) < 4.78 is 13.0. The number of aryl methyl sites for hydroxylation is 2. The molecular formula is C20H22FN3O. The van der Waals surface area contributed by atoms with Crippen LogP contribution < -0.4 is 10.6 Å². The topological polar surface area (TPSA) is 45.5 Å². The van der Waals surface area contributed by atoms with Crippen molar-refractivity contribution >= 4 is 17.3 Å². The molecule has 2 aromatic rings. The van der Waals surface area contributed by atoms with E-state index in [1.54, 1.807) is 37.4 Å². The number of nitrogens with one attached hydrogen (secondary N) is 2. The van der Waals surface area contributed by atoms with Crippen molar-refractivity contribution in [1.29, 1.82) is 0 Å². The van der Waals surface area contributed by atoms with Gasteiger partial charge in [-0.1, -0.05) is 18.2 Å². The number of hydrogen-bond donors (Lipinski definition) is 2. The predicted molar refractivity (Wildman–Crippen MR) is 98.3 cm³/mol. The molecule has 2 N–H and O–H groups in total. The Morgan fingerprint density at radius 1 is 1.24 bits per heavy atom. The Kier molecular flexibility index (Phi) is 5.89. The van der Waals surface area contributed by atoms with Crippen molar-refractivity contribution in [2.45, 2.75) is 32.2 Å². The lowest BCUT2D eigenvalue weighted by molar-refractivity contribution is -0.121. The highest BCUT2D eigenvalue weighted by Gasteiger charge is 2.31. The first-order chi connectivity index (χ1) is 11.9. The first-order valence-corrected chi connectivity index (χ1v) is 8.11. The highest BCUT2D eigenvalue weighted by atomic mass is 19.1. The van der Waals surface area contributed by atoms with Crippen LogP contribution in [0.2, 0.25) is 0 Å². The summed E-state index contributed by atoms with van der Waals surface area (Å²) in [5.41, 5.74) is 2.28. The van der Waals surface area contributed by atoms with E-state index in [-0.39, 0.29) is 11.7 Å². The van der Waals surface area contributed by atoms with E-state index in [9.17, 15) is 9.18 Å². The van der Waals surface area contributed by atoms with Crippen molar-refractivity contribution < 1.29 is 9.18 Å². The van der Waals surface area contributed by atoms with Crippen LogP contribution in [0.1, 0.15) is 24.5 Å². The van der Waals surface area contributed by atoms with E-state index in [1.165, 1.54) is 12.1 Å². The molecule has 0 fully saturated rings. The minimum Gasteiger partial charge on any atom is -0.325 e. The number of likely N-dealkylation sites (N-methyl/N-ethyl adjacent to an activating group) is 1. The van der Waals surface area contributed by atoms with Crippen LogP contribution in [0.3, 0.4) is 0 Å². The second kappa shape index (κ2) is 7.91. The van der Waals surface area contributed by atoms with Gasteiger partial charge >= 0.3 is 0 Å². The lowest BCUT2D eigenvalue weighted by atomic mass is 9.92. The molecule has 0 aliphatic carbocycles. The number of nitrogens with zero attached hydrogens (tertiary/aromatic N) is 1. The molecule has 1 atom stereocenters. The van der Waals surface area contributed by atoms with Crippen molar-refractivity contribution in [2.24, 2.45) is 0 Å². The molecule has 0 aliphatic rings. The van der Waals surface area contributed by atoms with Crippen LogP contribution in [-0.4, -0.2) is 18.5 Å². The van der Waals surface area contributed by atoms with Crippen LogP contribution in [0.15, 0.2) is 42.5 Å². The lowest BCUT2D eigenvalue weighted by Gasteiger charge is -2.28. The van der Waals surface area contributed by atoms with Gasteiger partial charge in [-0.3, -0.25) is 4.79 Å². The van der Waals surface area contributed by atoms with Crippen LogP contribution >= 0.6 is 0 Å². The van der Waals surface area contributed by atoms with Gasteiger partial charge in [0, 0.05) is 5.69 Å². The Morgan fingerprint density at radius 3 is 2.48 bits per heavy atom. The van der Waals surface area contributed by atoms with Crippen molar-refractivity contribution in [3.63, 3.8) is 0 Å². The van der Waals surface area contributed by atoms with Crippen LogP contribution in [0.25, 0.3) is 4.85 Å². The highest BCUT2D eigenvalue weighted by molar-refractivity contribution is 5.98. The Balaban J connectivity index is 2.07. The fraction of sp³-hybridized carbons (Fsp3) is 0.300. The SMILES string of the molecule is [C-]#[N+]c1ccc(NC(=O)[C@@](C)(CCc2ccc(F)cc2)NC)cc1C. The lowest BCUT2D eigenvalue weighted by Crippen LogP contribution is -2.51. The molecule has 130 valence electrons. The van der Waals surface area contributed by atoms with Crippen molar-refractivity contribution in [3.05, 3.63) is 70.8 Å². The third-order valence-corrected chi connectivity index (χ3v) is 4.45. The molecule has 2 rings (SSSR count). The average Bonchev–Trinajstić information content (AvgIpc) is 2.61. The van der Waals surface area contributed by atoms with Gasteiger partial charge in [0.1, 0.15) is 5.82 Å². The molecule has 0 spiro atoms. The van der Waals surface area contributed by atoms with Gasteiger partial charge < -0.3 is 10.6 Å². The van der Waals surface area contributed by atoms with Gasteiger partial charge in [0.05, 0.1) is 12.1 Å². The monoisotopic (exact) mass is 339 g/mol. The smallest absolute Gasteiger partial charge is 0.244 e. The molecule has 0 saturated heterocycles. The Hall–Kier alpha value is -2.71. The van der Waals surface area contributed by atoms with E-state index in [0.717, 1.165) is 11.1 Å². The summed E-state index contributed by atoms with van der Waals surface area (Å²) in [6, 6.07) is 11.5. The minimum absolute atomic E-state index is 0.146. The maximum atomic E-state index is 13.0. The quantitative estimate of drug-likeness (QED) is 0.774. The molecule has 0 saturated carbocycles. The molecule has 0 aromatic heterocycles. The summed E-state index contributed by atoms with van der Waals surface area (Å²) >= 11 is 0. The Labute approximate surface area is 147 Å². The summed E-state index contributed by atoms with van der Waals surface area (Å²) in [6.45, 7) is 10.8. The number of amides is 1. The molecule has 1 amide bonds. The van der Waals surface area contributed by atoms with Gasteiger partial charge in [-0.25, -0.2) is 9.24 Å². The number of carbonyl (C=O) groups is 1. The molecular weight excluding hydrogens is 317 g/mol. The first kappa shape index (κ1) is 18.6. The van der Waals surface area contributed by atoms with Crippen LogP contribution in [0, 0.1) is 19.3 Å². The molecule has 0 aliphatic heterocycles. The normalized spacial score (nSPS) is 12.9. The number of benzene rings is 2. The molecule has 5 heteroatoms. The van der Waals surface area contributed by atoms with Crippen molar-refractivity contribution in [1.82, 2.24) is 5.32 Å². The number of anilines is 1. The fourth-order valence-corrected chi connectivity index (χ4v) is 2.53. The zero-order valence-corrected chi connectivity index (χ0v) is 14.7. The number of hydrogen-bond acceptors (Lipinski definition) is 2. The Morgan fingerprint density at radius 2 is 1.92 bits per heavy atom. The second-order valence-electron chi connectivity index (χ2n) is 6.28. The predicted octanol–water partition coefficient (Wildman–Crippen LogP) is 4.23. The second-order valence-corrected chi connectivity index (χ2v) is 6.28. The zero-order chi connectivity index (χ0) is 18.4. The van der Waals surface area contributed by atoms with Gasteiger partial charge in [-0.05, 0) is 69.1 Å². The van der Waals surface area contributed by atoms with Gasteiger partial charge in [0.2, 0.25) is 5.91 Å². The average molecular weight is 339 g/mol. The molecule has 25 heavy (non-hydrogen) atoms. The van der Waals surface area contributed by atoms with E-state index in [0.29, 0.717) is 24.2 Å². The summed E-state index contributed by atoms with van der Waals surface area (Å²) in [4.78, 5) is 16.1. The minimum atomic E-state index is -0.763. The Bertz CT molecular complexity index is 796. The fourth-order valence-electron chi connectivity index (χ4n) is 2.53. The van der Waals surface area contributed by atoms with E-state index in [2.05, 4.69) is 15.5 Å². The van der Waals surface area contributed by atoms with Crippen molar-refractivity contribution in [3.8, 4) is 0 Å². The van der Waals surface area contributed by atoms with Crippen molar-refractivity contribution in [2.75, 3.05) is 12.4 Å². The standard InChI is InChI=1S/C20H22FN3O/c1-14-13-17(9-10-18(14)22-3)24-19(25)20(2,23-4)12-11-15-5-7-16(21)8-6-15/h5-10,13,23H,11-12H2,1-2,4H3,(H,24,25)/t20-/m1/s1. The molecule has 4 nitrogen and oxygen atoms in total. The summed E-state index contributed by atoms with van der Waals surface area (Å²) in [5.74, 6) is -0.414. The molecule has 0 radical (unpaired) electrons. The molecule has 0 heterocycles. The van der Waals surface area contributed by atoms with E-state index < -0.39 is 5.54 Å². The van der Waals surface area contributed by atoms with Gasteiger partial charge in [-0.2, -0.15) is 0 Å². The number of rotatable bonds is 6. The summed E-state index contributed by atoms with van der Waals surface area (Å²) in [7, 11) is 1.75. The van der Waals surface area contributed by atoms with E-state index in [4.69, 9.17) is 6.57 Å². The first-order valence-electron chi connectivity index (χ1n) is 8.11. The van der Waals surface area contributed by atoms with Gasteiger partial charge in [0.25, 0.3) is 0 Å². The van der Waals surface area contributed by atoms with Crippen LogP contribution in [0.5, 0.6) is 0 Å². The summed E-state index contributed by atoms with van der Waals surface area (Å²) in [5, 5.41) is 5.99. The largest absolute Gasteiger partial charge is 0.325 e. The zero-order valence-electron chi connectivity index (χ0n) is 14.7. The highest BCUT2D eigenvalue weighted by Crippen LogP contribution is 2.23. The maximum absolute atomic E-state index is 13.0. The van der Waals surface area contributed by atoms with E-state index in [1.807, 2.05) is 13.8 Å².